The molecular formula is C13H23N5O. The number of aryl methyl sites for hydroxylation is 1. The van der Waals surface area contributed by atoms with Crippen molar-refractivity contribution in [1.82, 2.24) is 24.9 Å². The molecule has 0 radical (unpaired) electrons. The second-order valence-corrected chi connectivity index (χ2v) is 5.14. The number of hydrogen-bond donors (Lipinski definition) is 1. The standard InChI is InChI=1S/C13H23N5O/c1-12-9-15-18(11-12)4-3-14-10-13(19)17-7-5-16(2)6-8-17/h9,11,14H,3-8,10H2,1-2H3. The van der Waals surface area contributed by atoms with Gasteiger partial charge in [-0.15, -0.1) is 0 Å². The van der Waals surface area contributed by atoms with Crippen LogP contribution in [0.4, 0.5) is 0 Å². The normalized spacial score (nSPS) is 16.8. The molecule has 0 atom stereocenters. The fourth-order valence-corrected chi connectivity index (χ4v) is 2.15. The van der Waals surface area contributed by atoms with E-state index < -0.39 is 0 Å². The molecule has 19 heavy (non-hydrogen) atoms. The minimum absolute atomic E-state index is 0.199. The summed E-state index contributed by atoms with van der Waals surface area (Å²) >= 11 is 0. The Hall–Kier alpha value is -1.40. The Morgan fingerprint density at radius 1 is 1.37 bits per heavy atom. The van der Waals surface area contributed by atoms with Crippen molar-refractivity contribution in [3.05, 3.63) is 18.0 Å². The van der Waals surface area contributed by atoms with E-state index in [1.807, 2.05) is 28.9 Å². The van der Waals surface area contributed by atoms with Crippen molar-refractivity contribution in [3.63, 3.8) is 0 Å². The average Bonchev–Trinajstić information content (AvgIpc) is 2.81. The van der Waals surface area contributed by atoms with Crippen LogP contribution in [0.15, 0.2) is 12.4 Å². The van der Waals surface area contributed by atoms with E-state index in [1.54, 1.807) is 0 Å². The lowest BCUT2D eigenvalue weighted by Crippen LogP contribution is -2.49. The highest BCUT2D eigenvalue weighted by Crippen LogP contribution is 1.99. The predicted octanol–water partition coefficient (Wildman–Crippen LogP) is -0.445. The van der Waals surface area contributed by atoms with Gasteiger partial charge in [-0.3, -0.25) is 9.48 Å². The van der Waals surface area contributed by atoms with Crippen LogP contribution in [0.3, 0.4) is 0 Å². The maximum absolute atomic E-state index is 11.9. The summed E-state index contributed by atoms with van der Waals surface area (Å²) in [7, 11) is 2.09. The molecule has 0 aliphatic carbocycles. The van der Waals surface area contributed by atoms with E-state index >= 15 is 0 Å². The Morgan fingerprint density at radius 2 is 2.11 bits per heavy atom. The molecule has 1 amide bonds. The SMILES string of the molecule is Cc1cnn(CCNCC(=O)N2CCN(C)CC2)c1. The Balaban J connectivity index is 1.61. The van der Waals surface area contributed by atoms with E-state index in [0.29, 0.717) is 6.54 Å². The highest BCUT2D eigenvalue weighted by Gasteiger charge is 2.18. The van der Waals surface area contributed by atoms with Crippen molar-refractivity contribution in [2.45, 2.75) is 13.5 Å². The predicted molar refractivity (Wildman–Crippen MR) is 73.9 cm³/mol. The van der Waals surface area contributed by atoms with Crippen molar-refractivity contribution in [2.75, 3.05) is 46.3 Å². The molecule has 1 N–H and O–H groups in total. The summed E-state index contributed by atoms with van der Waals surface area (Å²) in [6.45, 7) is 7.63. The molecule has 0 saturated carbocycles. The largest absolute Gasteiger partial charge is 0.339 e. The Bertz CT molecular complexity index is 409. The number of carbonyl (C=O) groups is 1. The zero-order chi connectivity index (χ0) is 13.7. The molecule has 0 bridgehead atoms. The first-order valence-electron chi connectivity index (χ1n) is 6.81. The first-order valence-corrected chi connectivity index (χ1v) is 6.81. The van der Waals surface area contributed by atoms with Gasteiger partial charge in [-0.1, -0.05) is 0 Å². The number of nitrogens with zero attached hydrogens (tertiary/aromatic N) is 4. The van der Waals surface area contributed by atoms with Gasteiger partial charge in [-0.2, -0.15) is 5.10 Å². The molecule has 1 aliphatic rings. The summed E-state index contributed by atoms with van der Waals surface area (Å²) in [5, 5.41) is 7.39. The molecule has 106 valence electrons. The molecule has 2 heterocycles. The molecule has 1 saturated heterocycles. The smallest absolute Gasteiger partial charge is 0.236 e. The summed E-state index contributed by atoms with van der Waals surface area (Å²) in [4.78, 5) is 16.1. The van der Waals surface area contributed by atoms with E-state index in [-0.39, 0.29) is 5.91 Å². The van der Waals surface area contributed by atoms with Crippen LogP contribution >= 0.6 is 0 Å². The molecule has 2 rings (SSSR count). The lowest BCUT2D eigenvalue weighted by atomic mass is 10.3. The van der Waals surface area contributed by atoms with Crippen LogP contribution in [-0.4, -0.2) is 71.8 Å². The molecule has 6 heteroatoms. The van der Waals surface area contributed by atoms with Gasteiger partial charge >= 0.3 is 0 Å². The zero-order valence-electron chi connectivity index (χ0n) is 11.8. The van der Waals surface area contributed by atoms with Gasteiger partial charge in [0.1, 0.15) is 0 Å². The number of nitrogens with one attached hydrogen (secondary N) is 1. The first-order chi connectivity index (χ1) is 9.15. The summed E-state index contributed by atoms with van der Waals surface area (Å²) < 4.78 is 1.89. The quantitative estimate of drug-likeness (QED) is 0.733. The van der Waals surface area contributed by atoms with Crippen LogP contribution in [0.5, 0.6) is 0 Å². The van der Waals surface area contributed by atoms with Gasteiger partial charge in [-0.25, -0.2) is 0 Å². The van der Waals surface area contributed by atoms with Crippen molar-refractivity contribution in [3.8, 4) is 0 Å². The number of carbonyl (C=O) groups excluding carboxylic acids is 1. The van der Waals surface area contributed by atoms with Gasteiger partial charge < -0.3 is 15.1 Å². The third-order valence-electron chi connectivity index (χ3n) is 3.41. The number of amides is 1. The lowest BCUT2D eigenvalue weighted by molar-refractivity contribution is -0.131. The van der Waals surface area contributed by atoms with E-state index in [9.17, 15) is 4.79 Å². The zero-order valence-corrected chi connectivity index (χ0v) is 11.8. The van der Waals surface area contributed by atoms with Gasteiger partial charge in [-0.05, 0) is 19.5 Å². The Morgan fingerprint density at radius 3 is 2.74 bits per heavy atom. The second-order valence-electron chi connectivity index (χ2n) is 5.14. The van der Waals surface area contributed by atoms with Crippen LogP contribution in [-0.2, 0) is 11.3 Å². The third kappa shape index (κ3) is 4.33. The summed E-state index contributed by atoms with van der Waals surface area (Å²) in [6.07, 6.45) is 3.85. The third-order valence-corrected chi connectivity index (χ3v) is 3.41. The average molecular weight is 265 g/mol. The molecule has 0 aromatic carbocycles. The summed E-state index contributed by atoms with van der Waals surface area (Å²) in [5.41, 5.74) is 1.16. The summed E-state index contributed by atoms with van der Waals surface area (Å²) in [6, 6.07) is 0. The molecular weight excluding hydrogens is 242 g/mol. The van der Waals surface area contributed by atoms with Crippen LogP contribution in [0, 0.1) is 6.92 Å². The number of aromatic nitrogens is 2. The molecule has 1 fully saturated rings. The van der Waals surface area contributed by atoms with Gasteiger partial charge in [0.15, 0.2) is 0 Å². The fourth-order valence-electron chi connectivity index (χ4n) is 2.15. The minimum Gasteiger partial charge on any atom is -0.339 e. The summed E-state index contributed by atoms with van der Waals surface area (Å²) in [5.74, 6) is 0.199. The van der Waals surface area contributed by atoms with Gasteiger partial charge in [0.05, 0.1) is 19.3 Å². The van der Waals surface area contributed by atoms with E-state index in [2.05, 4.69) is 22.4 Å². The van der Waals surface area contributed by atoms with Crippen molar-refractivity contribution in [2.24, 2.45) is 0 Å². The Kier molecular flexibility index (Phi) is 4.93. The highest BCUT2D eigenvalue weighted by atomic mass is 16.2. The molecule has 0 spiro atoms. The molecule has 0 unspecified atom stereocenters. The van der Waals surface area contributed by atoms with Crippen LogP contribution in [0.2, 0.25) is 0 Å². The van der Waals surface area contributed by atoms with Crippen LogP contribution in [0.25, 0.3) is 0 Å². The van der Waals surface area contributed by atoms with E-state index in [4.69, 9.17) is 0 Å². The lowest BCUT2D eigenvalue weighted by Gasteiger charge is -2.32. The van der Waals surface area contributed by atoms with E-state index in [1.165, 1.54) is 0 Å². The number of rotatable bonds is 5. The van der Waals surface area contributed by atoms with Gasteiger partial charge in [0.2, 0.25) is 5.91 Å². The first kappa shape index (κ1) is 14.0. The number of hydrogen-bond acceptors (Lipinski definition) is 4. The van der Waals surface area contributed by atoms with Gasteiger partial charge in [0, 0.05) is 38.9 Å². The number of piperazine rings is 1. The van der Waals surface area contributed by atoms with Crippen molar-refractivity contribution in [1.29, 1.82) is 0 Å². The monoisotopic (exact) mass is 265 g/mol. The van der Waals surface area contributed by atoms with Crippen LogP contribution in [0.1, 0.15) is 5.56 Å². The number of likely N-dealkylation sites (N-methyl/N-ethyl adjacent to an activating group) is 1. The molecule has 1 aromatic heterocycles. The fraction of sp³-hybridized carbons (Fsp3) is 0.692. The molecule has 1 aliphatic heterocycles. The van der Waals surface area contributed by atoms with Crippen molar-refractivity contribution < 1.29 is 4.79 Å². The Labute approximate surface area is 114 Å². The molecule has 1 aromatic rings. The maximum atomic E-state index is 11.9. The van der Waals surface area contributed by atoms with Crippen LogP contribution < -0.4 is 5.32 Å². The van der Waals surface area contributed by atoms with Gasteiger partial charge in [0.25, 0.3) is 0 Å². The second kappa shape index (κ2) is 6.68. The minimum atomic E-state index is 0.199. The highest BCUT2D eigenvalue weighted by molar-refractivity contribution is 5.78. The maximum Gasteiger partial charge on any atom is 0.236 e. The van der Waals surface area contributed by atoms with Crippen molar-refractivity contribution >= 4 is 5.91 Å². The molecule has 6 nitrogen and oxygen atoms in total. The topological polar surface area (TPSA) is 53.4 Å². The van der Waals surface area contributed by atoms with E-state index in [0.717, 1.165) is 44.8 Å².